The lowest BCUT2D eigenvalue weighted by molar-refractivity contribution is 0.102. The van der Waals surface area contributed by atoms with Crippen molar-refractivity contribution in [2.24, 2.45) is 0 Å². The highest BCUT2D eigenvalue weighted by Gasteiger charge is 2.16. The lowest BCUT2D eigenvalue weighted by Gasteiger charge is -2.33. The van der Waals surface area contributed by atoms with Crippen molar-refractivity contribution in [3.8, 4) is 10.7 Å². The molecule has 0 bridgehead atoms. The van der Waals surface area contributed by atoms with Crippen molar-refractivity contribution in [2.45, 2.75) is 0 Å². The Bertz CT molecular complexity index is 1200. The van der Waals surface area contributed by atoms with Crippen molar-refractivity contribution in [3.63, 3.8) is 0 Å². The summed E-state index contributed by atoms with van der Waals surface area (Å²) in [5, 5.41) is 12.4. The van der Waals surface area contributed by atoms with Crippen LogP contribution in [0.15, 0.2) is 48.2 Å². The number of fused-ring (bicyclic) bond motifs is 1. The number of nitrogens with one attached hydrogen (secondary N) is 1. The average Bonchev–Trinajstić information content (AvgIpc) is 3.34. The third-order valence-electron chi connectivity index (χ3n) is 5.23. The van der Waals surface area contributed by atoms with Crippen molar-refractivity contribution in [3.05, 3.63) is 53.8 Å². The SMILES string of the molecule is CN1CCN(c2ccc(C(=O)Nc3cc4nc(-c5nncs5)ccc4cn3)cn2)CC1. The first-order valence-corrected chi connectivity index (χ1v) is 10.8. The second kappa shape index (κ2) is 8.32. The number of carbonyl (C=O) groups excluding carboxylic acids is 1. The molecule has 0 aliphatic carbocycles. The Morgan fingerprint density at radius 1 is 1.06 bits per heavy atom. The maximum Gasteiger partial charge on any atom is 0.258 e. The van der Waals surface area contributed by atoms with Gasteiger partial charge in [-0.1, -0.05) is 11.3 Å². The molecule has 1 aliphatic heterocycles. The molecule has 4 aromatic rings. The maximum atomic E-state index is 12.7. The summed E-state index contributed by atoms with van der Waals surface area (Å²) >= 11 is 1.43. The smallest absolute Gasteiger partial charge is 0.258 e. The number of hydrogen-bond acceptors (Lipinski definition) is 9. The molecule has 9 nitrogen and oxygen atoms in total. The molecule has 0 spiro atoms. The fourth-order valence-electron chi connectivity index (χ4n) is 3.42. The van der Waals surface area contributed by atoms with Gasteiger partial charge in [0.1, 0.15) is 22.8 Å². The molecule has 1 saturated heterocycles. The highest BCUT2D eigenvalue weighted by molar-refractivity contribution is 7.12. The predicted molar refractivity (Wildman–Crippen MR) is 120 cm³/mol. The van der Waals surface area contributed by atoms with E-state index < -0.39 is 0 Å². The number of pyridine rings is 3. The summed E-state index contributed by atoms with van der Waals surface area (Å²) in [7, 11) is 2.12. The van der Waals surface area contributed by atoms with E-state index in [0.29, 0.717) is 11.4 Å². The van der Waals surface area contributed by atoms with E-state index in [-0.39, 0.29) is 5.91 Å². The van der Waals surface area contributed by atoms with E-state index in [1.807, 2.05) is 18.2 Å². The van der Waals surface area contributed by atoms with Gasteiger partial charge >= 0.3 is 0 Å². The van der Waals surface area contributed by atoms with Crippen LogP contribution in [0.1, 0.15) is 10.4 Å². The minimum absolute atomic E-state index is 0.260. The first kappa shape index (κ1) is 19.5. The van der Waals surface area contributed by atoms with E-state index in [4.69, 9.17) is 0 Å². The van der Waals surface area contributed by atoms with Gasteiger partial charge in [-0.15, -0.1) is 10.2 Å². The zero-order chi connectivity index (χ0) is 21.2. The summed E-state index contributed by atoms with van der Waals surface area (Å²) in [6.07, 6.45) is 3.30. The Morgan fingerprint density at radius 3 is 2.68 bits per heavy atom. The first-order chi connectivity index (χ1) is 15.2. The average molecular weight is 433 g/mol. The summed E-state index contributed by atoms with van der Waals surface area (Å²) in [6.45, 7) is 3.88. The third kappa shape index (κ3) is 4.21. The summed E-state index contributed by atoms with van der Waals surface area (Å²) in [5.41, 5.74) is 3.61. The van der Waals surface area contributed by atoms with Crippen LogP contribution >= 0.6 is 11.3 Å². The summed E-state index contributed by atoms with van der Waals surface area (Å²) in [5.74, 6) is 1.06. The molecule has 0 saturated carbocycles. The van der Waals surface area contributed by atoms with E-state index in [1.54, 1.807) is 30.0 Å². The standard InChI is InChI=1S/C21H20N8OS/c1-28-6-8-29(9-7-28)19-5-3-15(12-23-19)20(30)26-18-10-17-14(11-22-18)2-4-16(25-17)21-27-24-13-31-21/h2-5,10-13H,6-9H2,1H3,(H,22,26,30). The molecule has 4 aromatic heterocycles. The predicted octanol–water partition coefficient (Wildman–Crippen LogP) is 2.55. The maximum absolute atomic E-state index is 12.7. The van der Waals surface area contributed by atoms with E-state index in [0.717, 1.165) is 53.6 Å². The monoisotopic (exact) mass is 432 g/mol. The van der Waals surface area contributed by atoms with Crippen molar-refractivity contribution < 1.29 is 4.79 Å². The van der Waals surface area contributed by atoms with Crippen LogP contribution in [0.5, 0.6) is 0 Å². The zero-order valence-corrected chi connectivity index (χ0v) is 17.7. The van der Waals surface area contributed by atoms with Crippen LogP contribution in [0.25, 0.3) is 21.6 Å². The molecular weight excluding hydrogens is 412 g/mol. The number of likely N-dealkylation sites (N-methyl/N-ethyl adjacent to an activating group) is 1. The van der Waals surface area contributed by atoms with Crippen molar-refractivity contribution in [2.75, 3.05) is 43.4 Å². The lowest BCUT2D eigenvalue weighted by atomic mass is 10.2. The van der Waals surface area contributed by atoms with Gasteiger partial charge < -0.3 is 15.1 Å². The molecule has 0 radical (unpaired) electrons. The fourth-order valence-corrected chi connectivity index (χ4v) is 3.94. The molecule has 31 heavy (non-hydrogen) atoms. The fraction of sp³-hybridized carbons (Fsp3) is 0.238. The number of nitrogens with zero attached hydrogens (tertiary/aromatic N) is 7. The van der Waals surface area contributed by atoms with Crippen LogP contribution in [0.4, 0.5) is 11.6 Å². The van der Waals surface area contributed by atoms with Crippen molar-refractivity contribution >= 4 is 39.8 Å². The number of piperazine rings is 1. The number of hydrogen-bond donors (Lipinski definition) is 1. The number of anilines is 2. The second-order valence-corrected chi connectivity index (χ2v) is 8.19. The minimum Gasteiger partial charge on any atom is -0.354 e. The Balaban J connectivity index is 1.31. The normalized spacial score (nSPS) is 14.7. The largest absolute Gasteiger partial charge is 0.354 e. The minimum atomic E-state index is -0.260. The Kier molecular flexibility index (Phi) is 5.23. The lowest BCUT2D eigenvalue weighted by Crippen LogP contribution is -2.44. The van der Waals surface area contributed by atoms with Gasteiger partial charge in [-0.3, -0.25) is 4.79 Å². The van der Waals surface area contributed by atoms with Gasteiger partial charge in [0.15, 0.2) is 5.01 Å². The molecule has 10 heteroatoms. The van der Waals surface area contributed by atoms with Crippen LogP contribution < -0.4 is 10.2 Å². The highest BCUT2D eigenvalue weighted by atomic mass is 32.1. The van der Waals surface area contributed by atoms with Crippen LogP contribution in [0.2, 0.25) is 0 Å². The summed E-state index contributed by atoms with van der Waals surface area (Å²) < 4.78 is 0. The quantitative estimate of drug-likeness (QED) is 0.525. The van der Waals surface area contributed by atoms with E-state index in [2.05, 4.69) is 47.3 Å². The summed E-state index contributed by atoms with van der Waals surface area (Å²) in [4.78, 5) is 30.6. The molecule has 5 heterocycles. The van der Waals surface area contributed by atoms with Gasteiger partial charge in [0.25, 0.3) is 5.91 Å². The molecule has 1 fully saturated rings. The van der Waals surface area contributed by atoms with Gasteiger partial charge in [0.2, 0.25) is 0 Å². The second-order valence-electron chi connectivity index (χ2n) is 7.35. The van der Waals surface area contributed by atoms with Crippen molar-refractivity contribution in [1.29, 1.82) is 0 Å². The Morgan fingerprint density at radius 2 is 1.94 bits per heavy atom. The Hall–Kier alpha value is -3.50. The highest BCUT2D eigenvalue weighted by Crippen LogP contribution is 2.23. The van der Waals surface area contributed by atoms with Gasteiger partial charge in [0.05, 0.1) is 11.1 Å². The van der Waals surface area contributed by atoms with Crippen molar-refractivity contribution in [1.82, 2.24) is 30.0 Å². The molecule has 156 valence electrons. The topological polar surface area (TPSA) is 100 Å². The van der Waals surface area contributed by atoms with Crippen LogP contribution in [0.3, 0.4) is 0 Å². The third-order valence-corrected chi connectivity index (χ3v) is 5.95. The molecular formula is C21H20N8OS. The van der Waals surface area contributed by atoms with Gasteiger partial charge in [-0.25, -0.2) is 15.0 Å². The molecule has 5 rings (SSSR count). The number of rotatable bonds is 4. The van der Waals surface area contributed by atoms with Gasteiger partial charge in [-0.05, 0) is 31.3 Å². The molecule has 1 amide bonds. The molecule has 0 unspecified atom stereocenters. The number of carbonyl (C=O) groups is 1. The van der Waals surface area contributed by atoms with Crippen LogP contribution in [0, 0.1) is 0 Å². The number of amides is 1. The van der Waals surface area contributed by atoms with Gasteiger partial charge in [-0.2, -0.15) is 0 Å². The zero-order valence-electron chi connectivity index (χ0n) is 16.9. The molecule has 0 aromatic carbocycles. The van der Waals surface area contributed by atoms with Crippen LogP contribution in [-0.4, -0.2) is 69.2 Å². The number of aromatic nitrogens is 5. The molecule has 1 aliphatic rings. The Labute approximate surface area is 182 Å². The van der Waals surface area contributed by atoms with E-state index in [1.165, 1.54) is 11.3 Å². The molecule has 0 atom stereocenters. The van der Waals surface area contributed by atoms with E-state index in [9.17, 15) is 4.79 Å². The van der Waals surface area contributed by atoms with Crippen LogP contribution in [-0.2, 0) is 0 Å². The molecule has 1 N–H and O–H groups in total. The van der Waals surface area contributed by atoms with Gasteiger partial charge in [0, 0.05) is 50.0 Å². The summed E-state index contributed by atoms with van der Waals surface area (Å²) in [6, 6.07) is 9.26. The van der Waals surface area contributed by atoms with E-state index >= 15 is 0 Å². The first-order valence-electron chi connectivity index (χ1n) is 9.90.